The minimum absolute atomic E-state index is 0.186. The molecule has 0 aromatic heterocycles. The second-order valence-electron chi connectivity index (χ2n) is 5.99. The van der Waals surface area contributed by atoms with Crippen LogP contribution in [0.5, 0.6) is 0 Å². The average Bonchev–Trinajstić information content (AvgIpc) is 2.23. The fourth-order valence-corrected chi connectivity index (χ4v) is 3.42. The standard InChI is InChI=1S/C15H21Cl/c1-10-7-11(2)12-5-6-15(3,4)9-14(16)13(12)8-10/h7-8,14H,5-6,9H2,1-4H3. The number of halogens is 1. The van der Waals surface area contributed by atoms with Gasteiger partial charge in [0.25, 0.3) is 0 Å². The van der Waals surface area contributed by atoms with E-state index in [1.165, 1.54) is 35.1 Å². The lowest BCUT2D eigenvalue weighted by Crippen LogP contribution is -2.11. The number of hydrogen-bond acceptors (Lipinski definition) is 0. The molecule has 0 heterocycles. The van der Waals surface area contributed by atoms with Crippen LogP contribution in [0.25, 0.3) is 0 Å². The molecular formula is C15H21Cl. The van der Waals surface area contributed by atoms with E-state index in [2.05, 4.69) is 39.8 Å². The molecule has 0 fully saturated rings. The van der Waals surface area contributed by atoms with E-state index in [0.717, 1.165) is 6.42 Å². The van der Waals surface area contributed by atoms with Crippen molar-refractivity contribution in [1.82, 2.24) is 0 Å². The minimum Gasteiger partial charge on any atom is -0.118 e. The molecule has 1 aliphatic carbocycles. The summed E-state index contributed by atoms with van der Waals surface area (Å²) in [5.41, 5.74) is 5.99. The van der Waals surface area contributed by atoms with Crippen LogP contribution >= 0.6 is 11.6 Å². The Morgan fingerprint density at radius 1 is 1.25 bits per heavy atom. The average molecular weight is 237 g/mol. The molecule has 88 valence electrons. The molecule has 1 heteroatoms. The third kappa shape index (κ3) is 2.27. The number of benzene rings is 1. The second-order valence-corrected chi connectivity index (χ2v) is 6.51. The monoisotopic (exact) mass is 236 g/mol. The summed E-state index contributed by atoms with van der Waals surface area (Å²) in [6.45, 7) is 9.04. The molecule has 0 bridgehead atoms. The quantitative estimate of drug-likeness (QED) is 0.442. The summed E-state index contributed by atoms with van der Waals surface area (Å²) in [7, 11) is 0. The van der Waals surface area contributed by atoms with Crippen LogP contribution in [0.4, 0.5) is 0 Å². The molecule has 2 rings (SSSR count). The van der Waals surface area contributed by atoms with E-state index in [1.807, 2.05) is 0 Å². The van der Waals surface area contributed by atoms with Crippen LogP contribution in [-0.4, -0.2) is 0 Å². The number of aryl methyl sites for hydroxylation is 2. The first kappa shape index (κ1) is 12.0. The molecule has 1 unspecified atom stereocenters. The van der Waals surface area contributed by atoms with Gasteiger partial charge in [-0.15, -0.1) is 11.6 Å². The topological polar surface area (TPSA) is 0 Å². The molecule has 0 saturated carbocycles. The van der Waals surface area contributed by atoms with Gasteiger partial charge in [0.2, 0.25) is 0 Å². The van der Waals surface area contributed by atoms with Crippen molar-refractivity contribution in [2.24, 2.45) is 5.41 Å². The zero-order valence-corrected chi connectivity index (χ0v) is 11.5. The molecule has 16 heavy (non-hydrogen) atoms. The predicted octanol–water partition coefficient (Wildman–Crippen LogP) is 4.95. The molecule has 0 aliphatic heterocycles. The lowest BCUT2D eigenvalue weighted by Gasteiger charge is -2.23. The highest BCUT2D eigenvalue weighted by atomic mass is 35.5. The van der Waals surface area contributed by atoms with Crippen LogP contribution in [0.3, 0.4) is 0 Å². The SMILES string of the molecule is Cc1cc(C)c2c(c1)C(Cl)CC(C)(C)CC2. The Morgan fingerprint density at radius 2 is 1.94 bits per heavy atom. The highest BCUT2D eigenvalue weighted by Crippen LogP contribution is 2.43. The Hall–Kier alpha value is -0.490. The van der Waals surface area contributed by atoms with Crippen LogP contribution in [0, 0.1) is 19.3 Å². The number of fused-ring (bicyclic) bond motifs is 1. The van der Waals surface area contributed by atoms with E-state index in [9.17, 15) is 0 Å². The van der Waals surface area contributed by atoms with Gasteiger partial charge in [-0.05, 0) is 55.2 Å². The Bertz CT molecular complexity index is 404. The van der Waals surface area contributed by atoms with Crippen LogP contribution in [0.2, 0.25) is 0 Å². The van der Waals surface area contributed by atoms with E-state index < -0.39 is 0 Å². The van der Waals surface area contributed by atoms with Gasteiger partial charge in [0.15, 0.2) is 0 Å². The van der Waals surface area contributed by atoms with E-state index in [4.69, 9.17) is 11.6 Å². The maximum atomic E-state index is 6.58. The molecule has 0 amide bonds. The van der Waals surface area contributed by atoms with Gasteiger partial charge in [-0.2, -0.15) is 0 Å². The van der Waals surface area contributed by atoms with Crippen molar-refractivity contribution >= 4 is 11.6 Å². The summed E-state index contributed by atoms with van der Waals surface area (Å²) in [6.07, 6.45) is 3.51. The normalized spacial score (nSPS) is 23.7. The van der Waals surface area contributed by atoms with Crippen molar-refractivity contribution in [2.75, 3.05) is 0 Å². The van der Waals surface area contributed by atoms with Crippen LogP contribution in [-0.2, 0) is 6.42 Å². The molecule has 0 radical (unpaired) electrons. The van der Waals surface area contributed by atoms with Gasteiger partial charge in [-0.25, -0.2) is 0 Å². The van der Waals surface area contributed by atoms with Crippen molar-refractivity contribution in [3.63, 3.8) is 0 Å². The van der Waals surface area contributed by atoms with Crippen LogP contribution in [0.15, 0.2) is 12.1 Å². The minimum atomic E-state index is 0.186. The highest BCUT2D eigenvalue weighted by Gasteiger charge is 2.29. The fraction of sp³-hybridized carbons (Fsp3) is 0.600. The first-order valence-corrected chi connectivity index (χ1v) is 6.57. The summed E-state index contributed by atoms with van der Waals surface area (Å²) in [6, 6.07) is 4.56. The lowest BCUT2D eigenvalue weighted by molar-refractivity contribution is 0.313. The molecule has 0 N–H and O–H groups in total. The molecule has 1 aromatic carbocycles. The predicted molar refractivity (Wildman–Crippen MR) is 71.2 cm³/mol. The van der Waals surface area contributed by atoms with Crippen LogP contribution < -0.4 is 0 Å². The maximum absolute atomic E-state index is 6.58. The molecule has 0 saturated heterocycles. The summed E-state index contributed by atoms with van der Waals surface area (Å²) in [5, 5.41) is 0.186. The van der Waals surface area contributed by atoms with Crippen molar-refractivity contribution < 1.29 is 0 Å². The van der Waals surface area contributed by atoms with Crippen molar-refractivity contribution in [2.45, 2.75) is 52.3 Å². The first-order chi connectivity index (χ1) is 7.39. The largest absolute Gasteiger partial charge is 0.118 e. The van der Waals surface area contributed by atoms with Crippen molar-refractivity contribution in [3.8, 4) is 0 Å². The van der Waals surface area contributed by atoms with Gasteiger partial charge >= 0.3 is 0 Å². The summed E-state index contributed by atoms with van der Waals surface area (Å²) < 4.78 is 0. The van der Waals surface area contributed by atoms with Gasteiger partial charge in [0.1, 0.15) is 0 Å². The Labute approximate surface area is 104 Å². The van der Waals surface area contributed by atoms with E-state index in [-0.39, 0.29) is 5.38 Å². The van der Waals surface area contributed by atoms with Gasteiger partial charge in [-0.1, -0.05) is 31.5 Å². The Balaban J connectivity index is 2.49. The lowest BCUT2D eigenvalue weighted by atomic mass is 9.84. The molecule has 1 atom stereocenters. The zero-order valence-electron chi connectivity index (χ0n) is 10.7. The van der Waals surface area contributed by atoms with E-state index in [1.54, 1.807) is 0 Å². The van der Waals surface area contributed by atoms with Gasteiger partial charge < -0.3 is 0 Å². The van der Waals surface area contributed by atoms with Gasteiger partial charge in [0, 0.05) is 0 Å². The van der Waals surface area contributed by atoms with E-state index in [0.29, 0.717) is 5.41 Å². The third-order valence-electron chi connectivity index (χ3n) is 3.77. The Morgan fingerprint density at radius 3 is 2.62 bits per heavy atom. The smallest absolute Gasteiger partial charge is 0.0593 e. The summed E-state index contributed by atoms with van der Waals surface area (Å²) >= 11 is 6.58. The molecule has 0 nitrogen and oxygen atoms in total. The highest BCUT2D eigenvalue weighted by molar-refractivity contribution is 6.21. The van der Waals surface area contributed by atoms with Gasteiger partial charge in [-0.3, -0.25) is 0 Å². The van der Waals surface area contributed by atoms with Crippen molar-refractivity contribution in [1.29, 1.82) is 0 Å². The number of hydrogen-bond donors (Lipinski definition) is 0. The summed E-state index contributed by atoms with van der Waals surface area (Å²) in [4.78, 5) is 0. The molecule has 1 aliphatic rings. The molecule has 1 aromatic rings. The molecule has 0 spiro atoms. The maximum Gasteiger partial charge on any atom is 0.0593 e. The first-order valence-electron chi connectivity index (χ1n) is 6.13. The number of rotatable bonds is 0. The molecular weight excluding hydrogens is 216 g/mol. The third-order valence-corrected chi connectivity index (χ3v) is 4.16. The summed E-state index contributed by atoms with van der Waals surface area (Å²) in [5.74, 6) is 0. The second kappa shape index (κ2) is 4.07. The fourth-order valence-electron chi connectivity index (χ4n) is 2.81. The van der Waals surface area contributed by atoms with Crippen molar-refractivity contribution in [3.05, 3.63) is 34.4 Å². The van der Waals surface area contributed by atoms with Gasteiger partial charge in [0.05, 0.1) is 5.38 Å². The Kier molecular flexibility index (Phi) is 3.05. The number of alkyl halides is 1. The zero-order chi connectivity index (χ0) is 11.9. The van der Waals surface area contributed by atoms with E-state index >= 15 is 0 Å². The van der Waals surface area contributed by atoms with Crippen LogP contribution in [0.1, 0.15) is 54.3 Å².